The predicted molar refractivity (Wildman–Crippen MR) is 213 cm³/mol. The van der Waals surface area contributed by atoms with Gasteiger partial charge in [0.1, 0.15) is 17.7 Å². The molecule has 3 aliphatic rings. The maximum absolute atomic E-state index is 13.8. The van der Waals surface area contributed by atoms with E-state index in [4.69, 9.17) is 19.7 Å². The minimum absolute atomic E-state index is 0.146. The van der Waals surface area contributed by atoms with Crippen LogP contribution in [0.4, 0.5) is 16.6 Å². The van der Waals surface area contributed by atoms with Crippen LogP contribution < -0.4 is 20.3 Å². The molecule has 2 aromatic carbocycles. The number of carboxylic acid groups (broad SMARTS) is 1. The van der Waals surface area contributed by atoms with E-state index in [2.05, 4.69) is 99.1 Å². The van der Waals surface area contributed by atoms with Crippen molar-refractivity contribution in [3.8, 4) is 11.4 Å². The van der Waals surface area contributed by atoms with Gasteiger partial charge in [0.25, 0.3) is 6.47 Å². The Labute approximate surface area is 322 Å². The summed E-state index contributed by atoms with van der Waals surface area (Å²) in [5, 5.41) is 27.3. The number of hydrogen-bond donors (Lipinski definition) is 3. The Bertz CT molecular complexity index is 2100. The lowest BCUT2D eigenvalue weighted by atomic mass is 9.85. The first kappa shape index (κ1) is 37.9. The molecular weight excluding hydrogens is 695 g/mol. The van der Waals surface area contributed by atoms with E-state index < -0.39 is 0 Å². The van der Waals surface area contributed by atoms with Gasteiger partial charge in [0.2, 0.25) is 5.95 Å². The summed E-state index contributed by atoms with van der Waals surface area (Å²) < 4.78 is 10.6. The summed E-state index contributed by atoms with van der Waals surface area (Å²) in [7, 11) is 0. The Balaban J connectivity index is 0.00000150. The van der Waals surface area contributed by atoms with Gasteiger partial charge in [-0.1, -0.05) is 57.2 Å². The lowest BCUT2D eigenvalue weighted by molar-refractivity contribution is -0.122. The molecule has 0 radical (unpaired) electrons. The summed E-state index contributed by atoms with van der Waals surface area (Å²) in [6.07, 6.45) is 9.46. The van der Waals surface area contributed by atoms with E-state index in [0.29, 0.717) is 11.9 Å². The minimum Gasteiger partial charge on any atom is -0.484 e. The Morgan fingerprint density at radius 2 is 1.69 bits per heavy atom. The van der Waals surface area contributed by atoms with Crippen LogP contribution in [0.25, 0.3) is 11.3 Å². The third-order valence-corrected chi connectivity index (χ3v) is 10.9. The number of piperidine rings is 1. The summed E-state index contributed by atoms with van der Waals surface area (Å²) in [5.41, 5.74) is 5.88. The molecule has 290 valence electrons. The number of carbonyl (C=O) groups excluding carboxylic acids is 1. The molecule has 0 saturated carbocycles. The highest BCUT2D eigenvalue weighted by molar-refractivity contribution is 5.89. The fraction of sp³-hybridized carbons (Fsp3) is 0.452. The Morgan fingerprint density at radius 1 is 0.927 bits per heavy atom. The lowest BCUT2D eigenvalue weighted by Crippen LogP contribution is -2.38. The van der Waals surface area contributed by atoms with Gasteiger partial charge >= 0.3 is 6.03 Å². The molecule has 3 aromatic heterocycles. The molecule has 2 saturated heterocycles. The number of aromatic nitrogens is 5. The molecular formula is C42H53N9O4. The molecule has 1 aliphatic carbocycles. The van der Waals surface area contributed by atoms with E-state index in [1.807, 2.05) is 41.2 Å². The molecule has 13 nitrogen and oxygen atoms in total. The SMILES string of the molecule is C[C@H]1CCCCN1c1nnc2ccc(O[C@@H]3CC[C@H](NC(=O)Nc4cc(C(C)(C)C)nn4-c4cccc(CN5CCCC5)c4)c4ccccc43)cn12.O=CO. The van der Waals surface area contributed by atoms with Crippen LogP contribution in [0.5, 0.6) is 5.75 Å². The average Bonchev–Trinajstić information content (AvgIpc) is 3.94. The zero-order valence-corrected chi connectivity index (χ0v) is 32.3. The van der Waals surface area contributed by atoms with Gasteiger partial charge in [0.05, 0.1) is 23.6 Å². The van der Waals surface area contributed by atoms with Gasteiger partial charge in [-0.25, -0.2) is 9.48 Å². The second-order valence-electron chi connectivity index (χ2n) is 15.9. The number of hydrogen-bond acceptors (Lipinski definition) is 8. The number of likely N-dealkylation sites (tertiary alicyclic amines) is 1. The van der Waals surface area contributed by atoms with Crippen molar-refractivity contribution in [1.82, 2.24) is 34.6 Å². The number of rotatable bonds is 8. The van der Waals surface area contributed by atoms with Crippen LogP contribution in [0.3, 0.4) is 0 Å². The van der Waals surface area contributed by atoms with Crippen LogP contribution in [0, 0.1) is 0 Å². The van der Waals surface area contributed by atoms with Crippen molar-refractivity contribution in [2.75, 3.05) is 29.9 Å². The number of ether oxygens (including phenoxy) is 1. The van der Waals surface area contributed by atoms with Crippen LogP contribution >= 0.6 is 0 Å². The first-order valence-corrected chi connectivity index (χ1v) is 19.6. The number of amides is 2. The molecule has 13 heteroatoms. The van der Waals surface area contributed by atoms with Crippen LogP contribution in [0.15, 0.2) is 72.9 Å². The van der Waals surface area contributed by atoms with Gasteiger partial charge < -0.3 is 20.1 Å². The van der Waals surface area contributed by atoms with E-state index in [-0.39, 0.29) is 30.1 Å². The number of nitrogens with one attached hydrogen (secondary N) is 2. The normalized spacial score (nSPS) is 20.0. The molecule has 0 unspecified atom stereocenters. The predicted octanol–water partition coefficient (Wildman–Crippen LogP) is 7.66. The maximum Gasteiger partial charge on any atom is 0.320 e. The summed E-state index contributed by atoms with van der Waals surface area (Å²) in [6.45, 7) is 12.6. The topological polar surface area (TPSA) is 142 Å². The highest BCUT2D eigenvalue weighted by Gasteiger charge is 2.31. The minimum atomic E-state index is -0.258. The fourth-order valence-electron chi connectivity index (χ4n) is 8.04. The molecule has 0 spiro atoms. The molecule has 5 heterocycles. The Morgan fingerprint density at radius 3 is 2.45 bits per heavy atom. The maximum atomic E-state index is 13.8. The zero-order chi connectivity index (χ0) is 38.5. The van der Waals surface area contributed by atoms with Gasteiger partial charge in [-0.2, -0.15) is 5.10 Å². The number of pyridine rings is 1. The van der Waals surface area contributed by atoms with E-state index in [0.717, 1.165) is 91.7 Å². The second-order valence-corrected chi connectivity index (χ2v) is 15.9. The summed E-state index contributed by atoms with van der Waals surface area (Å²) in [5.74, 6) is 2.29. The van der Waals surface area contributed by atoms with Crippen molar-refractivity contribution >= 4 is 29.9 Å². The third kappa shape index (κ3) is 8.62. The zero-order valence-electron chi connectivity index (χ0n) is 32.3. The van der Waals surface area contributed by atoms with Gasteiger partial charge in [0, 0.05) is 30.6 Å². The van der Waals surface area contributed by atoms with Gasteiger partial charge in [-0.3, -0.25) is 19.4 Å². The van der Waals surface area contributed by atoms with E-state index >= 15 is 0 Å². The highest BCUT2D eigenvalue weighted by Crippen LogP contribution is 2.39. The van der Waals surface area contributed by atoms with Crippen LogP contribution in [0.1, 0.15) is 107 Å². The third-order valence-electron chi connectivity index (χ3n) is 10.9. The monoisotopic (exact) mass is 747 g/mol. The van der Waals surface area contributed by atoms with Crippen molar-refractivity contribution in [3.05, 3.63) is 95.3 Å². The van der Waals surface area contributed by atoms with E-state index in [1.54, 1.807) is 0 Å². The molecule has 5 aromatic rings. The molecule has 2 aliphatic heterocycles. The molecule has 8 rings (SSSR count). The Kier molecular flexibility index (Phi) is 11.4. The number of nitrogens with zero attached hydrogens (tertiary/aromatic N) is 7. The number of carbonyl (C=O) groups is 2. The molecule has 3 atom stereocenters. The summed E-state index contributed by atoms with van der Waals surface area (Å²) in [4.78, 5) is 27.0. The first-order chi connectivity index (χ1) is 26.6. The van der Waals surface area contributed by atoms with Gasteiger partial charge in [-0.15, -0.1) is 10.2 Å². The molecule has 0 bridgehead atoms. The number of anilines is 2. The Hall–Kier alpha value is -5.43. The lowest BCUT2D eigenvalue weighted by Gasteiger charge is -2.33. The largest absolute Gasteiger partial charge is 0.484 e. The van der Waals surface area contributed by atoms with Crippen LogP contribution in [-0.2, 0) is 16.8 Å². The van der Waals surface area contributed by atoms with Gasteiger partial charge in [-0.05, 0) is 106 Å². The summed E-state index contributed by atoms with van der Waals surface area (Å²) in [6, 6.07) is 22.7. The van der Waals surface area contributed by atoms with Crippen molar-refractivity contribution in [1.29, 1.82) is 0 Å². The average molecular weight is 748 g/mol. The fourth-order valence-corrected chi connectivity index (χ4v) is 8.04. The molecule has 55 heavy (non-hydrogen) atoms. The highest BCUT2D eigenvalue weighted by atomic mass is 16.5. The van der Waals surface area contributed by atoms with E-state index in [1.165, 1.54) is 24.8 Å². The second kappa shape index (κ2) is 16.5. The number of urea groups is 1. The number of benzene rings is 2. The van der Waals surface area contributed by atoms with Crippen molar-refractivity contribution in [3.63, 3.8) is 0 Å². The van der Waals surface area contributed by atoms with Crippen molar-refractivity contribution in [2.45, 2.75) is 103 Å². The van der Waals surface area contributed by atoms with Crippen molar-refractivity contribution in [2.24, 2.45) is 0 Å². The molecule has 3 N–H and O–H groups in total. The quantitative estimate of drug-likeness (QED) is 0.136. The summed E-state index contributed by atoms with van der Waals surface area (Å²) >= 11 is 0. The molecule has 2 amide bonds. The standard InChI is InChI=1S/C41H51N9O2.CH2O2/c1-28-12-7-8-23-48(28)40-45-44-37-20-17-31(27-49(37)40)52-35-19-18-34(32-15-5-6-16-33(32)35)42-39(51)43-38-25-36(41(2,3)4)46-50(38)30-14-11-13-29(24-30)26-47-21-9-10-22-47;2-1-3/h5-6,11,13-17,20,24-25,27-28,34-35H,7-10,12,18-19,21-23,26H2,1-4H3,(H2,42,43,51);1H,(H,2,3)/t28-,34-,35+;/m0./s1. The van der Waals surface area contributed by atoms with Crippen LogP contribution in [-0.4, -0.2) is 72.6 Å². The number of fused-ring (bicyclic) bond motifs is 2. The first-order valence-electron chi connectivity index (χ1n) is 19.6. The molecule has 2 fully saturated rings. The van der Waals surface area contributed by atoms with Gasteiger partial charge in [0.15, 0.2) is 5.65 Å². The van der Waals surface area contributed by atoms with Crippen molar-refractivity contribution < 1.29 is 19.4 Å². The van der Waals surface area contributed by atoms with Crippen LogP contribution in [0.2, 0.25) is 0 Å². The smallest absolute Gasteiger partial charge is 0.320 e. The van der Waals surface area contributed by atoms with E-state index in [9.17, 15) is 4.79 Å².